The van der Waals surface area contributed by atoms with Gasteiger partial charge in [-0.2, -0.15) is 4.31 Å². The van der Waals surface area contributed by atoms with E-state index < -0.39 is 10.0 Å². The van der Waals surface area contributed by atoms with Gasteiger partial charge in [0, 0.05) is 42.5 Å². The highest BCUT2D eigenvalue weighted by atomic mass is 32.2. The summed E-state index contributed by atoms with van der Waals surface area (Å²) in [5.74, 6) is -0.245. The molecule has 1 fully saturated rings. The van der Waals surface area contributed by atoms with E-state index in [0.29, 0.717) is 30.1 Å². The number of piperidine rings is 1. The third kappa shape index (κ3) is 4.77. The minimum Gasteiger partial charge on any atom is -0.317 e. The number of rotatable bonds is 6. The Bertz CT molecular complexity index is 1500. The van der Waals surface area contributed by atoms with Gasteiger partial charge in [-0.3, -0.25) is 9.69 Å². The van der Waals surface area contributed by atoms with E-state index in [1.165, 1.54) is 26.1 Å². The molecule has 37 heavy (non-hydrogen) atoms. The number of hydrogen-bond donors (Lipinski definition) is 1. The molecule has 6 rings (SSSR count). The van der Waals surface area contributed by atoms with Crippen LogP contribution in [0.5, 0.6) is 0 Å². The van der Waals surface area contributed by atoms with Crippen molar-refractivity contribution in [2.45, 2.75) is 36.9 Å². The summed E-state index contributed by atoms with van der Waals surface area (Å²) in [4.78, 5) is 22.1. The van der Waals surface area contributed by atoms with Crippen LogP contribution in [0.1, 0.15) is 30.2 Å². The molecule has 1 N–H and O–H groups in total. The predicted molar refractivity (Wildman–Crippen MR) is 152 cm³/mol. The lowest BCUT2D eigenvalue weighted by molar-refractivity contribution is -0.120. The van der Waals surface area contributed by atoms with Gasteiger partial charge in [-0.15, -0.1) is 34.0 Å². The maximum atomic E-state index is 13.4. The first-order valence-corrected chi connectivity index (χ1v) is 16.5. The summed E-state index contributed by atoms with van der Waals surface area (Å²) in [5.41, 5.74) is 3.36. The second-order valence-corrected chi connectivity index (χ2v) is 14.7. The maximum absolute atomic E-state index is 13.4. The minimum atomic E-state index is -3.48. The fourth-order valence-electron chi connectivity index (χ4n) is 5.13. The molecule has 1 amide bonds. The number of aromatic nitrogens is 1. The van der Waals surface area contributed by atoms with Crippen molar-refractivity contribution in [1.29, 1.82) is 0 Å². The van der Waals surface area contributed by atoms with Crippen LogP contribution in [0, 0.1) is 5.92 Å². The van der Waals surface area contributed by atoms with Crippen molar-refractivity contribution in [3.63, 3.8) is 0 Å². The second kappa shape index (κ2) is 10.2. The van der Waals surface area contributed by atoms with Gasteiger partial charge in [0.05, 0.1) is 10.2 Å². The normalized spacial score (nSPS) is 17.8. The molecule has 2 aliphatic rings. The number of thiophene rings is 2. The molecule has 5 heterocycles. The van der Waals surface area contributed by atoms with E-state index in [9.17, 15) is 13.2 Å². The molecular formula is C26H28N4O3S4. The Morgan fingerprint density at radius 3 is 2.65 bits per heavy atom. The Kier molecular flexibility index (Phi) is 6.93. The highest BCUT2D eigenvalue weighted by molar-refractivity contribution is 7.91. The number of para-hydroxylation sites is 1. The Labute approximate surface area is 228 Å². The van der Waals surface area contributed by atoms with Crippen molar-refractivity contribution in [1.82, 2.24) is 14.2 Å². The molecule has 0 saturated carbocycles. The molecular weight excluding hydrogens is 545 g/mol. The number of likely N-dealkylation sites (N-methyl/N-ethyl adjacent to an activating group) is 1. The fourth-order valence-corrected chi connectivity index (χ4v) is 10.1. The van der Waals surface area contributed by atoms with Gasteiger partial charge >= 0.3 is 0 Å². The van der Waals surface area contributed by atoms with Gasteiger partial charge in [-0.1, -0.05) is 25.1 Å². The average Bonchev–Trinajstić information content (AvgIpc) is 3.66. The zero-order chi connectivity index (χ0) is 25.6. The number of thiazole rings is 1. The molecule has 2 aliphatic heterocycles. The molecule has 0 unspecified atom stereocenters. The molecule has 1 saturated heterocycles. The van der Waals surface area contributed by atoms with Crippen molar-refractivity contribution < 1.29 is 13.2 Å². The van der Waals surface area contributed by atoms with Gasteiger partial charge < -0.3 is 5.32 Å². The van der Waals surface area contributed by atoms with E-state index >= 15 is 0 Å². The van der Waals surface area contributed by atoms with Gasteiger partial charge in [-0.25, -0.2) is 13.4 Å². The summed E-state index contributed by atoms with van der Waals surface area (Å²) in [5, 5.41) is 6.86. The number of hydrogen-bond acceptors (Lipinski definition) is 8. The minimum absolute atomic E-state index is 0.0264. The third-order valence-electron chi connectivity index (χ3n) is 7.24. The standard InChI is InChI=1S/C26H28N4O3S4/c1-2-29-12-11-18-21(16-29)36-26(23(18)25-27-19-6-3-4-7-20(19)35-25)28-24(31)17-9-13-30(14-10-17)37(32,33)22-8-5-15-34-22/h3-8,15,17H,2,9-14,16H2,1H3,(H,28,31). The summed E-state index contributed by atoms with van der Waals surface area (Å²) in [6.45, 7) is 5.79. The fraction of sp³-hybridized carbons (Fsp3) is 0.385. The van der Waals surface area contributed by atoms with E-state index in [1.807, 2.05) is 18.2 Å². The van der Waals surface area contributed by atoms with Crippen LogP contribution in [-0.4, -0.2) is 54.7 Å². The Morgan fingerprint density at radius 1 is 1.11 bits per heavy atom. The van der Waals surface area contributed by atoms with E-state index in [4.69, 9.17) is 4.98 Å². The lowest BCUT2D eigenvalue weighted by Gasteiger charge is -2.30. The van der Waals surface area contributed by atoms with Crippen molar-refractivity contribution in [3.8, 4) is 10.6 Å². The molecule has 0 atom stereocenters. The highest BCUT2D eigenvalue weighted by Gasteiger charge is 2.34. The van der Waals surface area contributed by atoms with Crippen molar-refractivity contribution in [2.75, 3.05) is 31.5 Å². The largest absolute Gasteiger partial charge is 0.317 e. The lowest BCUT2D eigenvalue weighted by atomic mass is 9.97. The monoisotopic (exact) mass is 572 g/mol. The molecule has 7 nitrogen and oxygen atoms in total. The summed E-state index contributed by atoms with van der Waals surface area (Å²) >= 11 is 4.57. The number of nitrogens with one attached hydrogen (secondary N) is 1. The molecule has 3 aromatic heterocycles. The van der Waals surface area contributed by atoms with E-state index in [2.05, 4.69) is 23.2 Å². The maximum Gasteiger partial charge on any atom is 0.252 e. The van der Waals surface area contributed by atoms with Crippen LogP contribution in [0.15, 0.2) is 46.0 Å². The van der Waals surface area contributed by atoms with Gasteiger partial charge in [0.1, 0.15) is 14.2 Å². The molecule has 0 spiro atoms. The predicted octanol–water partition coefficient (Wildman–Crippen LogP) is 5.50. The SMILES string of the molecule is CCN1CCc2c(sc(NC(=O)C3CCN(S(=O)(=O)c4cccs4)CC3)c2-c2nc3ccccc3s2)C1. The van der Waals surface area contributed by atoms with Crippen molar-refractivity contribution in [3.05, 3.63) is 52.2 Å². The summed E-state index contributed by atoms with van der Waals surface area (Å²) in [7, 11) is -3.48. The van der Waals surface area contributed by atoms with Crippen molar-refractivity contribution in [2.24, 2.45) is 5.92 Å². The number of carbonyl (C=O) groups is 1. The molecule has 1 aromatic carbocycles. The summed E-state index contributed by atoms with van der Waals surface area (Å²) < 4.78 is 28.8. The first kappa shape index (κ1) is 25.1. The van der Waals surface area contributed by atoms with Crippen LogP contribution in [0.4, 0.5) is 5.00 Å². The molecule has 0 aliphatic carbocycles. The third-order valence-corrected chi connectivity index (χ3v) is 12.7. The van der Waals surface area contributed by atoms with Crippen LogP contribution in [0.3, 0.4) is 0 Å². The van der Waals surface area contributed by atoms with E-state index in [1.54, 1.807) is 40.2 Å². The van der Waals surface area contributed by atoms with Crippen LogP contribution in [-0.2, 0) is 27.8 Å². The molecule has 0 radical (unpaired) electrons. The Morgan fingerprint density at radius 2 is 1.92 bits per heavy atom. The van der Waals surface area contributed by atoms with Gasteiger partial charge in [0.15, 0.2) is 0 Å². The number of amides is 1. The van der Waals surface area contributed by atoms with Crippen molar-refractivity contribution >= 4 is 65.2 Å². The van der Waals surface area contributed by atoms with Crippen LogP contribution >= 0.6 is 34.0 Å². The van der Waals surface area contributed by atoms with Gasteiger partial charge in [0.25, 0.3) is 10.0 Å². The average molecular weight is 573 g/mol. The topological polar surface area (TPSA) is 82.6 Å². The van der Waals surface area contributed by atoms with Crippen LogP contribution in [0.25, 0.3) is 20.8 Å². The quantitative estimate of drug-likeness (QED) is 0.330. The Balaban J connectivity index is 1.24. The molecule has 0 bridgehead atoms. The second-order valence-electron chi connectivity index (χ2n) is 9.41. The first-order valence-electron chi connectivity index (χ1n) is 12.5. The number of fused-ring (bicyclic) bond motifs is 2. The summed E-state index contributed by atoms with van der Waals surface area (Å²) in [6.07, 6.45) is 1.98. The van der Waals surface area contributed by atoms with Gasteiger partial charge in [0.2, 0.25) is 5.91 Å². The molecule has 11 heteroatoms. The van der Waals surface area contributed by atoms with Crippen LogP contribution in [0.2, 0.25) is 0 Å². The number of nitrogens with zero attached hydrogens (tertiary/aromatic N) is 3. The highest BCUT2D eigenvalue weighted by Crippen LogP contribution is 2.46. The summed E-state index contributed by atoms with van der Waals surface area (Å²) in [6, 6.07) is 11.5. The number of benzene rings is 1. The molecule has 194 valence electrons. The molecule has 4 aromatic rings. The number of sulfonamides is 1. The van der Waals surface area contributed by atoms with E-state index in [-0.39, 0.29) is 11.8 Å². The zero-order valence-corrected chi connectivity index (χ0v) is 23.7. The zero-order valence-electron chi connectivity index (χ0n) is 20.5. The lowest BCUT2D eigenvalue weighted by Crippen LogP contribution is -2.41. The number of anilines is 1. The van der Waals surface area contributed by atoms with Crippen LogP contribution < -0.4 is 5.32 Å². The Hall–Kier alpha value is -2.15. The number of carbonyl (C=O) groups excluding carboxylic acids is 1. The van der Waals surface area contributed by atoms with Gasteiger partial charge in [-0.05, 0) is 54.9 Å². The smallest absolute Gasteiger partial charge is 0.252 e. The first-order chi connectivity index (χ1) is 17.9. The van der Waals surface area contributed by atoms with E-state index in [0.717, 1.165) is 51.8 Å².